The van der Waals surface area contributed by atoms with Crippen molar-refractivity contribution in [2.75, 3.05) is 6.54 Å². The van der Waals surface area contributed by atoms with Gasteiger partial charge in [-0.3, -0.25) is 0 Å². The Morgan fingerprint density at radius 3 is 2.55 bits per heavy atom. The van der Waals surface area contributed by atoms with Gasteiger partial charge in [0.05, 0.1) is 0 Å². The molecule has 2 N–H and O–H groups in total. The molecule has 0 fully saturated rings. The van der Waals surface area contributed by atoms with Crippen molar-refractivity contribution in [2.45, 2.75) is 12.8 Å². The number of rotatable bonds is 5. The molecule has 4 heteroatoms. The second-order valence-corrected chi connectivity index (χ2v) is 5.79. The van der Waals surface area contributed by atoms with E-state index in [1.807, 2.05) is 24.3 Å². The maximum absolute atomic E-state index is 13.7. The van der Waals surface area contributed by atoms with Crippen LogP contribution in [0.4, 0.5) is 8.78 Å². The summed E-state index contributed by atoms with van der Waals surface area (Å²) in [5.41, 5.74) is 7.28. The molecule has 0 bridgehead atoms. The summed E-state index contributed by atoms with van der Waals surface area (Å²) in [6.07, 6.45) is 1.18. The number of halogens is 3. The van der Waals surface area contributed by atoms with Crippen molar-refractivity contribution < 1.29 is 8.78 Å². The molecule has 0 aliphatic heterocycles. The molecule has 0 aliphatic rings. The van der Waals surface area contributed by atoms with E-state index in [1.165, 1.54) is 6.07 Å². The Balaban J connectivity index is 2.11. The van der Waals surface area contributed by atoms with E-state index in [0.717, 1.165) is 28.6 Å². The molecule has 0 radical (unpaired) electrons. The Morgan fingerprint density at radius 2 is 1.85 bits per heavy atom. The van der Waals surface area contributed by atoms with Crippen LogP contribution in [0, 0.1) is 17.6 Å². The molecular formula is C16H16BrF2N. The van der Waals surface area contributed by atoms with Gasteiger partial charge in [0.15, 0.2) is 0 Å². The van der Waals surface area contributed by atoms with Crippen molar-refractivity contribution in [1.29, 1.82) is 0 Å². The molecule has 1 unspecified atom stereocenters. The first-order valence-corrected chi connectivity index (χ1v) is 7.26. The van der Waals surface area contributed by atoms with Crippen molar-refractivity contribution in [3.05, 3.63) is 69.7 Å². The molecule has 1 nitrogen and oxygen atoms in total. The van der Waals surface area contributed by atoms with E-state index in [4.69, 9.17) is 5.73 Å². The van der Waals surface area contributed by atoms with Crippen molar-refractivity contribution in [2.24, 2.45) is 11.7 Å². The topological polar surface area (TPSA) is 26.0 Å². The average Bonchev–Trinajstić information content (AvgIpc) is 2.42. The molecule has 0 saturated carbocycles. The van der Waals surface area contributed by atoms with Crippen LogP contribution in [0.3, 0.4) is 0 Å². The fraction of sp³-hybridized carbons (Fsp3) is 0.250. The SMILES string of the molecule is NCC(Cc1cccc(Br)c1)Cc1cc(F)ccc1F. The number of benzene rings is 2. The van der Waals surface area contributed by atoms with Crippen LogP contribution in [-0.4, -0.2) is 6.54 Å². The minimum Gasteiger partial charge on any atom is -0.330 e. The molecule has 20 heavy (non-hydrogen) atoms. The number of nitrogens with two attached hydrogens (primary N) is 1. The second-order valence-electron chi connectivity index (χ2n) is 4.88. The number of hydrogen-bond acceptors (Lipinski definition) is 1. The van der Waals surface area contributed by atoms with Gasteiger partial charge < -0.3 is 5.73 Å². The first-order chi connectivity index (χ1) is 9.58. The predicted octanol–water partition coefficient (Wildman–Crippen LogP) is 4.09. The van der Waals surface area contributed by atoms with Crippen molar-refractivity contribution in [3.63, 3.8) is 0 Å². The second kappa shape index (κ2) is 6.95. The zero-order valence-corrected chi connectivity index (χ0v) is 12.5. The lowest BCUT2D eigenvalue weighted by molar-refractivity contribution is 0.506. The summed E-state index contributed by atoms with van der Waals surface area (Å²) in [4.78, 5) is 0. The summed E-state index contributed by atoms with van der Waals surface area (Å²) in [6.45, 7) is 0.433. The van der Waals surface area contributed by atoms with Gasteiger partial charge in [0.25, 0.3) is 0 Å². The first-order valence-electron chi connectivity index (χ1n) is 6.47. The molecule has 0 heterocycles. The highest BCUT2D eigenvalue weighted by Crippen LogP contribution is 2.19. The lowest BCUT2D eigenvalue weighted by Crippen LogP contribution is -2.20. The smallest absolute Gasteiger partial charge is 0.126 e. The van der Waals surface area contributed by atoms with Crippen LogP contribution in [-0.2, 0) is 12.8 Å². The largest absolute Gasteiger partial charge is 0.330 e. The molecule has 2 aromatic carbocycles. The zero-order valence-electron chi connectivity index (χ0n) is 11.0. The third kappa shape index (κ3) is 4.12. The highest BCUT2D eigenvalue weighted by Gasteiger charge is 2.13. The summed E-state index contributed by atoms with van der Waals surface area (Å²) >= 11 is 3.42. The van der Waals surface area contributed by atoms with Crippen molar-refractivity contribution in [3.8, 4) is 0 Å². The van der Waals surface area contributed by atoms with Gasteiger partial charge in [-0.1, -0.05) is 28.1 Å². The van der Waals surface area contributed by atoms with Crippen LogP contribution < -0.4 is 5.73 Å². The van der Waals surface area contributed by atoms with Gasteiger partial charge >= 0.3 is 0 Å². The molecular weight excluding hydrogens is 324 g/mol. The van der Waals surface area contributed by atoms with E-state index in [9.17, 15) is 8.78 Å². The van der Waals surface area contributed by atoms with Gasteiger partial charge in [0, 0.05) is 4.47 Å². The van der Waals surface area contributed by atoms with E-state index in [2.05, 4.69) is 15.9 Å². The standard InChI is InChI=1S/C16H16BrF2N/c17-14-3-1-2-11(8-14)6-12(10-20)7-13-9-15(18)4-5-16(13)19/h1-5,8-9,12H,6-7,10,20H2. The van der Waals surface area contributed by atoms with Gasteiger partial charge in [-0.25, -0.2) is 8.78 Å². The van der Waals surface area contributed by atoms with E-state index >= 15 is 0 Å². The Bertz CT molecular complexity index is 586. The summed E-state index contributed by atoms with van der Waals surface area (Å²) in [5.74, 6) is -0.709. The lowest BCUT2D eigenvalue weighted by atomic mass is 9.92. The first kappa shape index (κ1) is 15.1. The molecule has 2 rings (SSSR count). The molecule has 0 saturated heterocycles. The zero-order chi connectivity index (χ0) is 14.5. The van der Waals surface area contributed by atoms with Crippen LogP contribution in [0.15, 0.2) is 46.9 Å². The highest BCUT2D eigenvalue weighted by molar-refractivity contribution is 9.10. The van der Waals surface area contributed by atoms with Crippen LogP contribution in [0.1, 0.15) is 11.1 Å². The molecule has 0 aliphatic carbocycles. The third-order valence-electron chi connectivity index (χ3n) is 3.26. The molecule has 106 valence electrons. The van der Waals surface area contributed by atoms with Crippen molar-refractivity contribution >= 4 is 15.9 Å². The summed E-state index contributed by atoms with van der Waals surface area (Å²) in [5, 5.41) is 0. The molecule has 0 spiro atoms. The normalized spacial score (nSPS) is 12.4. The van der Waals surface area contributed by atoms with Gasteiger partial charge in [0.1, 0.15) is 11.6 Å². The van der Waals surface area contributed by atoms with Gasteiger partial charge in [-0.2, -0.15) is 0 Å². The Morgan fingerprint density at radius 1 is 1.05 bits per heavy atom. The molecule has 0 amide bonds. The quantitative estimate of drug-likeness (QED) is 0.872. The van der Waals surface area contributed by atoms with E-state index in [1.54, 1.807) is 0 Å². The fourth-order valence-electron chi connectivity index (χ4n) is 2.25. The van der Waals surface area contributed by atoms with Crippen LogP contribution in [0.5, 0.6) is 0 Å². The van der Waals surface area contributed by atoms with Crippen LogP contribution >= 0.6 is 15.9 Å². The summed E-state index contributed by atoms with van der Waals surface area (Å²) < 4.78 is 27.8. The van der Waals surface area contributed by atoms with E-state index in [0.29, 0.717) is 18.5 Å². The summed E-state index contributed by atoms with van der Waals surface area (Å²) in [7, 11) is 0. The monoisotopic (exact) mass is 339 g/mol. The Hall–Kier alpha value is -1.26. The maximum atomic E-state index is 13.7. The van der Waals surface area contributed by atoms with E-state index < -0.39 is 5.82 Å². The fourth-order valence-corrected chi connectivity index (χ4v) is 2.69. The lowest BCUT2D eigenvalue weighted by Gasteiger charge is -2.15. The minimum absolute atomic E-state index is 0.0839. The maximum Gasteiger partial charge on any atom is 0.126 e. The van der Waals surface area contributed by atoms with Gasteiger partial charge in [-0.05, 0) is 66.8 Å². The van der Waals surface area contributed by atoms with Crippen LogP contribution in [0.2, 0.25) is 0 Å². The Kier molecular flexibility index (Phi) is 5.26. The minimum atomic E-state index is -0.417. The third-order valence-corrected chi connectivity index (χ3v) is 3.76. The van der Waals surface area contributed by atoms with E-state index in [-0.39, 0.29) is 11.7 Å². The van der Waals surface area contributed by atoms with Crippen molar-refractivity contribution in [1.82, 2.24) is 0 Å². The molecule has 2 aromatic rings. The van der Waals surface area contributed by atoms with Gasteiger partial charge in [0.2, 0.25) is 0 Å². The predicted molar refractivity (Wildman–Crippen MR) is 80.5 cm³/mol. The highest BCUT2D eigenvalue weighted by atomic mass is 79.9. The number of hydrogen-bond donors (Lipinski definition) is 1. The summed E-state index contributed by atoms with van der Waals surface area (Å²) in [6, 6.07) is 11.5. The Labute approximate surface area is 125 Å². The average molecular weight is 340 g/mol. The molecule has 0 aromatic heterocycles. The van der Waals surface area contributed by atoms with Crippen LogP contribution in [0.25, 0.3) is 0 Å². The molecule has 1 atom stereocenters. The van der Waals surface area contributed by atoms with Gasteiger partial charge in [-0.15, -0.1) is 0 Å².